The van der Waals surface area contributed by atoms with Gasteiger partial charge in [0.05, 0.1) is 5.52 Å². The number of aryl methyl sites for hydroxylation is 1. The lowest BCUT2D eigenvalue weighted by Crippen LogP contribution is -2.31. The van der Waals surface area contributed by atoms with Crippen molar-refractivity contribution in [1.29, 1.82) is 0 Å². The number of hydrogen-bond acceptors (Lipinski definition) is 3. The molecule has 0 saturated carbocycles. The van der Waals surface area contributed by atoms with Gasteiger partial charge < -0.3 is 4.90 Å². The Morgan fingerprint density at radius 1 is 1.14 bits per heavy atom. The quantitative estimate of drug-likeness (QED) is 0.654. The van der Waals surface area contributed by atoms with Crippen molar-refractivity contribution < 1.29 is 0 Å². The van der Waals surface area contributed by atoms with Gasteiger partial charge in [0, 0.05) is 53.1 Å². The van der Waals surface area contributed by atoms with Crippen molar-refractivity contribution in [2.75, 3.05) is 11.4 Å². The summed E-state index contributed by atoms with van der Waals surface area (Å²) < 4.78 is 1.10. The number of rotatable bonds is 1. The minimum atomic E-state index is 0.917. The van der Waals surface area contributed by atoms with Crippen molar-refractivity contribution in [2.45, 2.75) is 19.9 Å². The van der Waals surface area contributed by atoms with E-state index in [1.807, 2.05) is 12.4 Å². The monoisotopic (exact) mass is 353 g/mol. The third-order valence-electron chi connectivity index (χ3n) is 4.41. The van der Waals surface area contributed by atoms with Gasteiger partial charge in [-0.1, -0.05) is 15.9 Å². The number of aromatic nitrogens is 2. The van der Waals surface area contributed by atoms with Crippen LogP contribution in [0.15, 0.2) is 47.2 Å². The molecule has 0 bridgehead atoms. The van der Waals surface area contributed by atoms with Crippen molar-refractivity contribution in [1.82, 2.24) is 9.97 Å². The second-order valence-electron chi connectivity index (χ2n) is 5.70. The summed E-state index contributed by atoms with van der Waals surface area (Å²) in [6.07, 6.45) is 4.70. The van der Waals surface area contributed by atoms with E-state index in [4.69, 9.17) is 4.98 Å². The molecule has 0 aliphatic carbocycles. The number of anilines is 1. The number of fused-ring (bicyclic) bond motifs is 2. The molecular formula is C18H16BrN3. The van der Waals surface area contributed by atoms with Crippen LogP contribution in [0.25, 0.3) is 10.9 Å². The first kappa shape index (κ1) is 13.7. The lowest BCUT2D eigenvalue weighted by atomic mass is 9.96. The fourth-order valence-electron chi connectivity index (χ4n) is 3.20. The molecule has 0 radical (unpaired) electrons. The van der Waals surface area contributed by atoms with E-state index >= 15 is 0 Å². The van der Waals surface area contributed by atoms with Crippen LogP contribution in [0.4, 0.5) is 5.69 Å². The Balaban J connectivity index is 1.81. The van der Waals surface area contributed by atoms with Crippen LogP contribution in [0.3, 0.4) is 0 Å². The Kier molecular flexibility index (Phi) is 3.34. The summed E-state index contributed by atoms with van der Waals surface area (Å²) in [7, 11) is 0. The first-order valence-electron chi connectivity index (χ1n) is 7.45. The van der Waals surface area contributed by atoms with E-state index in [9.17, 15) is 0 Å². The van der Waals surface area contributed by atoms with Crippen LogP contribution < -0.4 is 4.90 Å². The molecule has 3 heterocycles. The first-order valence-corrected chi connectivity index (χ1v) is 8.24. The van der Waals surface area contributed by atoms with Crippen LogP contribution >= 0.6 is 15.9 Å². The summed E-state index contributed by atoms with van der Waals surface area (Å²) in [5, 5.41) is 1.24. The molecule has 1 aliphatic rings. The molecule has 0 atom stereocenters. The van der Waals surface area contributed by atoms with E-state index in [1.165, 1.54) is 27.9 Å². The molecular weight excluding hydrogens is 338 g/mol. The van der Waals surface area contributed by atoms with Crippen molar-refractivity contribution in [3.05, 3.63) is 64.0 Å². The van der Waals surface area contributed by atoms with Crippen LogP contribution in [0.1, 0.15) is 16.8 Å². The van der Waals surface area contributed by atoms with Gasteiger partial charge in [-0.25, -0.2) is 0 Å². The Labute approximate surface area is 138 Å². The largest absolute Gasteiger partial charge is 0.367 e. The molecule has 1 aromatic carbocycles. The second-order valence-corrected chi connectivity index (χ2v) is 6.62. The van der Waals surface area contributed by atoms with Crippen LogP contribution in [0.5, 0.6) is 0 Å². The third-order valence-corrected chi connectivity index (χ3v) is 4.91. The summed E-state index contributed by atoms with van der Waals surface area (Å²) >= 11 is 3.57. The average molecular weight is 354 g/mol. The minimum Gasteiger partial charge on any atom is -0.367 e. The summed E-state index contributed by atoms with van der Waals surface area (Å²) in [6.45, 7) is 4.14. The number of halogens is 1. The van der Waals surface area contributed by atoms with Gasteiger partial charge in [0.25, 0.3) is 0 Å². The van der Waals surface area contributed by atoms with Gasteiger partial charge >= 0.3 is 0 Å². The fraction of sp³-hybridized carbons (Fsp3) is 0.222. The molecule has 3 nitrogen and oxygen atoms in total. The highest BCUT2D eigenvalue weighted by Gasteiger charge is 2.21. The summed E-state index contributed by atoms with van der Waals surface area (Å²) in [4.78, 5) is 11.4. The maximum Gasteiger partial charge on any atom is 0.0709 e. The summed E-state index contributed by atoms with van der Waals surface area (Å²) in [5.74, 6) is 0. The standard InChI is InChI=1S/C18H16BrN3/c1-12-15-10-13(19)2-3-17(15)21-18-6-9-22(11-16(12)18)14-4-7-20-8-5-14/h2-5,7-8,10H,6,9,11H2,1H3. The summed E-state index contributed by atoms with van der Waals surface area (Å²) in [6, 6.07) is 10.5. The van der Waals surface area contributed by atoms with E-state index in [0.29, 0.717) is 0 Å². The zero-order valence-electron chi connectivity index (χ0n) is 12.4. The van der Waals surface area contributed by atoms with Gasteiger partial charge in [0.1, 0.15) is 0 Å². The minimum absolute atomic E-state index is 0.917. The smallest absolute Gasteiger partial charge is 0.0709 e. The maximum atomic E-state index is 4.89. The molecule has 22 heavy (non-hydrogen) atoms. The number of pyridine rings is 2. The highest BCUT2D eigenvalue weighted by Crippen LogP contribution is 2.30. The molecule has 3 aromatic rings. The third kappa shape index (κ3) is 2.28. The molecule has 0 unspecified atom stereocenters. The van der Waals surface area contributed by atoms with E-state index in [2.05, 4.69) is 63.1 Å². The van der Waals surface area contributed by atoms with Gasteiger partial charge in [-0.3, -0.25) is 9.97 Å². The van der Waals surface area contributed by atoms with Crippen LogP contribution in [0.2, 0.25) is 0 Å². The normalized spacial score (nSPS) is 14.2. The number of hydrogen-bond donors (Lipinski definition) is 0. The highest BCUT2D eigenvalue weighted by molar-refractivity contribution is 9.10. The van der Waals surface area contributed by atoms with Crippen molar-refractivity contribution in [3.8, 4) is 0 Å². The van der Waals surface area contributed by atoms with Crippen LogP contribution in [-0.4, -0.2) is 16.5 Å². The zero-order valence-corrected chi connectivity index (χ0v) is 14.0. The Morgan fingerprint density at radius 3 is 2.77 bits per heavy atom. The first-order chi connectivity index (χ1) is 10.7. The van der Waals surface area contributed by atoms with Crippen LogP contribution in [0, 0.1) is 6.92 Å². The number of benzene rings is 1. The SMILES string of the molecule is Cc1c2c(nc3ccc(Br)cc13)CCN(c1ccncc1)C2. The second kappa shape index (κ2) is 5.36. The van der Waals surface area contributed by atoms with Gasteiger partial charge in [-0.2, -0.15) is 0 Å². The van der Waals surface area contributed by atoms with E-state index in [1.54, 1.807) is 0 Å². The van der Waals surface area contributed by atoms with Crippen molar-refractivity contribution >= 4 is 32.5 Å². The van der Waals surface area contributed by atoms with Gasteiger partial charge in [-0.05, 0) is 48.4 Å². The molecule has 0 spiro atoms. The lowest BCUT2D eigenvalue weighted by molar-refractivity contribution is 0.711. The lowest BCUT2D eigenvalue weighted by Gasteiger charge is -2.31. The molecule has 0 saturated heterocycles. The van der Waals surface area contributed by atoms with Gasteiger partial charge in [0.2, 0.25) is 0 Å². The Hall–Kier alpha value is -1.94. The van der Waals surface area contributed by atoms with E-state index in [0.717, 1.165) is 29.5 Å². The van der Waals surface area contributed by atoms with Crippen LogP contribution in [-0.2, 0) is 13.0 Å². The summed E-state index contributed by atoms with van der Waals surface area (Å²) in [5.41, 5.74) is 6.29. The molecule has 1 aliphatic heterocycles. The van der Waals surface area contributed by atoms with Crippen molar-refractivity contribution in [2.24, 2.45) is 0 Å². The van der Waals surface area contributed by atoms with Crippen molar-refractivity contribution in [3.63, 3.8) is 0 Å². The predicted molar refractivity (Wildman–Crippen MR) is 93.2 cm³/mol. The predicted octanol–water partition coefficient (Wildman–Crippen LogP) is 4.26. The average Bonchev–Trinajstić information content (AvgIpc) is 2.56. The molecule has 4 rings (SSSR count). The van der Waals surface area contributed by atoms with Gasteiger partial charge in [0.15, 0.2) is 0 Å². The fourth-order valence-corrected chi connectivity index (χ4v) is 3.56. The number of nitrogens with zero attached hydrogens (tertiary/aromatic N) is 3. The topological polar surface area (TPSA) is 29.0 Å². The highest BCUT2D eigenvalue weighted by atomic mass is 79.9. The molecule has 4 heteroatoms. The Morgan fingerprint density at radius 2 is 1.95 bits per heavy atom. The molecule has 2 aromatic heterocycles. The molecule has 110 valence electrons. The Bertz CT molecular complexity index is 846. The van der Waals surface area contributed by atoms with E-state index in [-0.39, 0.29) is 0 Å². The zero-order chi connectivity index (χ0) is 15.1. The van der Waals surface area contributed by atoms with E-state index < -0.39 is 0 Å². The molecule has 0 fully saturated rings. The molecule has 0 amide bonds. The maximum absolute atomic E-state index is 4.89. The van der Waals surface area contributed by atoms with Gasteiger partial charge in [-0.15, -0.1) is 0 Å². The molecule has 0 N–H and O–H groups in total.